The minimum absolute atomic E-state index is 0.0146. The van der Waals surface area contributed by atoms with Crippen molar-refractivity contribution in [1.29, 1.82) is 0 Å². The molecule has 0 aliphatic rings. The van der Waals surface area contributed by atoms with Gasteiger partial charge >= 0.3 is 0 Å². The van der Waals surface area contributed by atoms with E-state index in [-0.39, 0.29) is 17.7 Å². The molecule has 0 aromatic heterocycles. The lowest BCUT2D eigenvalue weighted by atomic mass is 10.0. The Labute approximate surface area is 110 Å². The Morgan fingerprint density at radius 2 is 1.67 bits per heavy atom. The Hall–Kier alpha value is -1.10. The lowest BCUT2D eigenvalue weighted by Gasteiger charge is -2.11. The Balaban J connectivity index is 3.51. The summed E-state index contributed by atoms with van der Waals surface area (Å²) >= 11 is 0. The lowest BCUT2D eigenvalue weighted by Crippen LogP contribution is -2.36. The average Bonchev–Trinajstić information content (AvgIpc) is 2.32. The highest BCUT2D eigenvalue weighted by atomic mass is 16.2. The maximum Gasteiger partial charge on any atom is 0.222 e. The van der Waals surface area contributed by atoms with Crippen LogP contribution in [0.3, 0.4) is 0 Å². The molecule has 0 aromatic rings. The number of nitrogens with two attached hydrogens (primary N) is 1. The summed E-state index contributed by atoms with van der Waals surface area (Å²) in [4.78, 5) is 22.7. The van der Waals surface area contributed by atoms with Gasteiger partial charge in [-0.3, -0.25) is 9.59 Å². The SMILES string of the molecule is CC(CCN)CCC(=O)NCCNC(=O)C(C)C. The molecule has 4 N–H and O–H groups in total. The van der Waals surface area contributed by atoms with Crippen molar-refractivity contribution >= 4 is 11.8 Å². The molecule has 5 heteroatoms. The minimum atomic E-state index is -0.0159. The first-order valence-electron chi connectivity index (χ1n) is 6.71. The first-order chi connectivity index (χ1) is 8.47. The molecule has 0 saturated carbocycles. The quantitative estimate of drug-likeness (QED) is 0.530. The van der Waals surface area contributed by atoms with Gasteiger partial charge in [0.05, 0.1) is 0 Å². The summed E-state index contributed by atoms with van der Waals surface area (Å²) in [6, 6.07) is 0. The van der Waals surface area contributed by atoms with Gasteiger partial charge in [0.1, 0.15) is 0 Å². The predicted molar refractivity (Wildman–Crippen MR) is 72.9 cm³/mol. The zero-order valence-corrected chi connectivity index (χ0v) is 11.8. The van der Waals surface area contributed by atoms with Crippen LogP contribution in [-0.4, -0.2) is 31.4 Å². The fraction of sp³-hybridized carbons (Fsp3) is 0.846. The molecular formula is C13H27N3O2. The highest BCUT2D eigenvalue weighted by Crippen LogP contribution is 2.08. The van der Waals surface area contributed by atoms with Crippen LogP contribution in [0, 0.1) is 11.8 Å². The first kappa shape index (κ1) is 16.9. The Morgan fingerprint density at radius 1 is 1.06 bits per heavy atom. The number of carbonyl (C=O) groups is 2. The minimum Gasteiger partial charge on any atom is -0.354 e. The Kier molecular flexibility index (Phi) is 9.28. The maximum atomic E-state index is 11.5. The number of amides is 2. The van der Waals surface area contributed by atoms with Crippen LogP contribution in [0.15, 0.2) is 0 Å². The molecule has 5 nitrogen and oxygen atoms in total. The van der Waals surface area contributed by atoms with Crippen molar-refractivity contribution < 1.29 is 9.59 Å². The monoisotopic (exact) mass is 257 g/mol. The van der Waals surface area contributed by atoms with E-state index in [1.807, 2.05) is 13.8 Å². The van der Waals surface area contributed by atoms with Crippen LogP contribution in [0.1, 0.15) is 40.0 Å². The fourth-order valence-corrected chi connectivity index (χ4v) is 1.49. The topological polar surface area (TPSA) is 84.2 Å². The molecule has 0 spiro atoms. The first-order valence-corrected chi connectivity index (χ1v) is 6.71. The fourth-order valence-electron chi connectivity index (χ4n) is 1.49. The van der Waals surface area contributed by atoms with Crippen LogP contribution in [0.2, 0.25) is 0 Å². The number of hydrogen-bond acceptors (Lipinski definition) is 3. The number of rotatable bonds is 9. The van der Waals surface area contributed by atoms with Gasteiger partial charge in [-0.1, -0.05) is 20.8 Å². The van der Waals surface area contributed by atoms with Crippen LogP contribution < -0.4 is 16.4 Å². The molecule has 1 unspecified atom stereocenters. The molecule has 106 valence electrons. The normalized spacial score (nSPS) is 12.3. The van der Waals surface area contributed by atoms with E-state index in [2.05, 4.69) is 17.6 Å². The molecular weight excluding hydrogens is 230 g/mol. The molecule has 2 amide bonds. The van der Waals surface area contributed by atoms with Gasteiger partial charge in [0, 0.05) is 25.4 Å². The molecule has 0 aliphatic heterocycles. The molecule has 0 radical (unpaired) electrons. The largest absolute Gasteiger partial charge is 0.354 e. The molecule has 0 saturated heterocycles. The van der Waals surface area contributed by atoms with Crippen LogP contribution in [0.5, 0.6) is 0 Å². The summed E-state index contributed by atoms with van der Waals surface area (Å²) in [6.45, 7) is 7.43. The van der Waals surface area contributed by atoms with E-state index < -0.39 is 0 Å². The van der Waals surface area contributed by atoms with Gasteiger partial charge < -0.3 is 16.4 Å². The van der Waals surface area contributed by atoms with E-state index in [0.29, 0.717) is 32.0 Å². The van der Waals surface area contributed by atoms with Gasteiger partial charge in [0.25, 0.3) is 0 Å². The van der Waals surface area contributed by atoms with Gasteiger partial charge in [-0.25, -0.2) is 0 Å². The summed E-state index contributed by atoms with van der Waals surface area (Å²) < 4.78 is 0. The second-order valence-electron chi connectivity index (χ2n) is 5.02. The van der Waals surface area contributed by atoms with Gasteiger partial charge in [0.15, 0.2) is 0 Å². The predicted octanol–water partition coefficient (Wildman–Crippen LogP) is 0.640. The summed E-state index contributed by atoms with van der Waals surface area (Å²) in [5.41, 5.74) is 5.45. The molecule has 0 bridgehead atoms. The second-order valence-corrected chi connectivity index (χ2v) is 5.02. The third-order valence-electron chi connectivity index (χ3n) is 2.79. The zero-order chi connectivity index (χ0) is 14.0. The van der Waals surface area contributed by atoms with Crippen LogP contribution >= 0.6 is 0 Å². The van der Waals surface area contributed by atoms with Crippen LogP contribution in [0.25, 0.3) is 0 Å². The van der Waals surface area contributed by atoms with Gasteiger partial charge in [-0.05, 0) is 25.3 Å². The number of nitrogens with one attached hydrogen (secondary N) is 2. The molecule has 0 rings (SSSR count). The lowest BCUT2D eigenvalue weighted by molar-refractivity contribution is -0.124. The molecule has 0 heterocycles. The summed E-state index contributed by atoms with van der Waals surface area (Å²) in [5.74, 6) is 0.526. The van der Waals surface area contributed by atoms with Crippen molar-refractivity contribution in [3.8, 4) is 0 Å². The smallest absolute Gasteiger partial charge is 0.222 e. The van der Waals surface area contributed by atoms with Gasteiger partial charge in [-0.2, -0.15) is 0 Å². The van der Waals surface area contributed by atoms with Crippen LogP contribution in [0.4, 0.5) is 0 Å². The van der Waals surface area contributed by atoms with E-state index in [1.165, 1.54) is 0 Å². The van der Waals surface area contributed by atoms with Crippen molar-refractivity contribution in [1.82, 2.24) is 10.6 Å². The molecule has 18 heavy (non-hydrogen) atoms. The van der Waals surface area contributed by atoms with Crippen LogP contribution in [-0.2, 0) is 9.59 Å². The average molecular weight is 257 g/mol. The summed E-state index contributed by atoms with van der Waals surface area (Å²) in [5, 5.41) is 5.54. The molecule has 0 aromatic carbocycles. The van der Waals surface area contributed by atoms with Crippen molar-refractivity contribution in [3.05, 3.63) is 0 Å². The van der Waals surface area contributed by atoms with E-state index >= 15 is 0 Å². The molecule has 0 aliphatic carbocycles. The molecule has 1 atom stereocenters. The van der Waals surface area contributed by atoms with Gasteiger partial charge in [-0.15, -0.1) is 0 Å². The van der Waals surface area contributed by atoms with E-state index in [9.17, 15) is 9.59 Å². The highest BCUT2D eigenvalue weighted by Gasteiger charge is 2.07. The van der Waals surface area contributed by atoms with Crippen molar-refractivity contribution in [2.75, 3.05) is 19.6 Å². The van der Waals surface area contributed by atoms with Crippen molar-refractivity contribution in [2.24, 2.45) is 17.6 Å². The Morgan fingerprint density at radius 3 is 2.22 bits per heavy atom. The number of hydrogen-bond donors (Lipinski definition) is 3. The number of carbonyl (C=O) groups excluding carboxylic acids is 2. The maximum absolute atomic E-state index is 11.5. The van der Waals surface area contributed by atoms with Gasteiger partial charge in [0.2, 0.25) is 11.8 Å². The third-order valence-corrected chi connectivity index (χ3v) is 2.79. The Bertz CT molecular complexity index is 255. The highest BCUT2D eigenvalue weighted by molar-refractivity contribution is 5.78. The van der Waals surface area contributed by atoms with E-state index in [1.54, 1.807) is 0 Å². The van der Waals surface area contributed by atoms with Crippen molar-refractivity contribution in [2.45, 2.75) is 40.0 Å². The zero-order valence-electron chi connectivity index (χ0n) is 11.8. The van der Waals surface area contributed by atoms with E-state index in [4.69, 9.17) is 5.73 Å². The summed E-state index contributed by atoms with van der Waals surface area (Å²) in [7, 11) is 0. The third kappa shape index (κ3) is 8.98. The summed E-state index contributed by atoms with van der Waals surface area (Å²) in [6.07, 6.45) is 2.35. The molecule has 0 fully saturated rings. The van der Waals surface area contributed by atoms with E-state index in [0.717, 1.165) is 12.8 Å². The van der Waals surface area contributed by atoms with Crippen molar-refractivity contribution in [3.63, 3.8) is 0 Å². The standard InChI is InChI=1S/C13H27N3O2/c1-10(2)13(18)16-9-8-15-12(17)5-4-11(3)6-7-14/h10-11H,4-9,14H2,1-3H3,(H,15,17)(H,16,18). The second kappa shape index (κ2) is 9.88.